The molecule has 2 rings (SSSR count). The Morgan fingerprint density at radius 1 is 1.21 bits per heavy atom. The predicted molar refractivity (Wildman–Crippen MR) is 57.1 cm³/mol. The number of rotatable bonds is 2. The number of hydrogen-bond acceptors (Lipinski definition) is 2. The topological polar surface area (TPSA) is 29.1 Å². The molecule has 0 aromatic carbocycles. The lowest BCUT2D eigenvalue weighted by molar-refractivity contribution is -0.135. The Kier molecular flexibility index (Phi) is 2.65. The molecule has 1 saturated heterocycles. The molecular formula is C12H21NO. The predicted octanol–water partition coefficient (Wildman–Crippen LogP) is 1.99. The normalized spacial score (nSPS) is 36.1. The Bertz CT molecular complexity index is 224. The number of carbonyl (C=O) groups excluding carboxylic acids is 1. The van der Waals surface area contributed by atoms with E-state index in [2.05, 4.69) is 19.2 Å². The summed E-state index contributed by atoms with van der Waals surface area (Å²) < 4.78 is 0. The first-order valence-corrected chi connectivity index (χ1v) is 5.87. The smallest absolute Gasteiger partial charge is 0.144 e. The van der Waals surface area contributed by atoms with Crippen molar-refractivity contribution in [1.29, 1.82) is 0 Å². The second-order valence-electron chi connectivity index (χ2n) is 5.49. The Morgan fingerprint density at radius 2 is 1.79 bits per heavy atom. The van der Waals surface area contributed by atoms with Gasteiger partial charge in [-0.15, -0.1) is 0 Å². The van der Waals surface area contributed by atoms with Crippen molar-refractivity contribution >= 4 is 5.78 Å². The molecule has 0 unspecified atom stereocenters. The average molecular weight is 195 g/mol. The van der Waals surface area contributed by atoms with Crippen LogP contribution in [0.1, 0.15) is 39.5 Å². The van der Waals surface area contributed by atoms with Gasteiger partial charge >= 0.3 is 0 Å². The molecule has 2 fully saturated rings. The average Bonchev–Trinajstić information content (AvgIpc) is 2.14. The highest BCUT2D eigenvalue weighted by Gasteiger charge is 2.42. The van der Waals surface area contributed by atoms with Gasteiger partial charge in [-0.05, 0) is 18.8 Å². The number of Topliss-reactive ketones (excluding diaryl/α,β-unsaturated/α-hetero) is 1. The van der Waals surface area contributed by atoms with Crippen LogP contribution in [0.5, 0.6) is 0 Å². The van der Waals surface area contributed by atoms with Gasteiger partial charge in [0.25, 0.3) is 0 Å². The Balaban J connectivity index is 1.92. The van der Waals surface area contributed by atoms with Crippen molar-refractivity contribution in [1.82, 2.24) is 5.32 Å². The molecule has 1 N–H and O–H groups in total. The van der Waals surface area contributed by atoms with E-state index in [4.69, 9.17) is 0 Å². The summed E-state index contributed by atoms with van der Waals surface area (Å²) in [6, 6.07) is 0. The summed E-state index contributed by atoms with van der Waals surface area (Å²) in [7, 11) is 0. The van der Waals surface area contributed by atoms with Crippen LogP contribution in [0.4, 0.5) is 0 Å². The van der Waals surface area contributed by atoms with Crippen molar-refractivity contribution in [3.05, 3.63) is 0 Å². The van der Waals surface area contributed by atoms with Crippen LogP contribution in [-0.2, 0) is 4.79 Å². The Labute approximate surface area is 86.5 Å². The second-order valence-corrected chi connectivity index (χ2v) is 5.49. The van der Waals surface area contributed by atoms with Crippen molar-refractivity contribution < 1.29 is 4.79 Å². The lowest BCUT2D eigenvalue weighted by Gasteiger charge is -2.41. The van der Waals surface area contributed by atoms with Gasteiger partial charge < -0.3 is 5.32 Å². The molecule has 0 bridgehead atoms. The fraction of sp³-hybridized carbons (Fsp3) is 0.917. The van der Waals surface area contributed by atoms with Crippen molar-refractivity contribution in [3.63, 3.8) is 0 Å². The lowest BCUT2D eigenvalue weighted by Crippen LogP contribution is -2.58. The van der Waals surface area contributed by atoms with E-state index in [0.29, 0.717) is 11.7 Å². The van der Waals surface area contributed by atoms with Gasteiger partial charge in [-0.25, -0.2) is 0 Å². The zero-order valence-electron chi connectivity index (χ0n) is 9.31. The molecule has 0 aromatic heterocycles. The molecule has 2 aliphatic rings. The van der Waals surface area contributed by atoms with Gasteiger partial charge in [0.2, 0.25) is 0 Å². The minimum Gasteiger partial charge on any atom is -0.315 e. The summed E-state index contributed by atoms with van der Waals surface area (Å²) >= 11 is 0. The first-order valence-electron chi connectivity index (χ1n) is 5.87. The number of nitrogens with one attached hydrogen (secondary N) is 1. The van der Waals surface area contributed by atoms with E-state index in [1.54, 1.807) is 0 Å². The third-order valence-corrected chi connectivity index (χ3v) is 4.01. The maximum atomic E-state index is 12.2. The van der Waals surface area contributed by atoms with E-state index in [9.17, 15) is 4.79 Å². The summed E-state index contributed by atoms with van der Waals surface area (Å²) in [6.07, 6.45) is 4.77. The molecule has 0 amide bonds. The highest BCUT2D eigenvalue weighted by atomic mass is 16.1. The van der Waals surface area contributed by atoms with E-state index in [1.165, 1.54) is 12.8 Å². The van der Waals surface area contributed by atoms with Gasteiger partial charge in [0.05, 0.1) is 5.41 Å². The van der Waals surface area contributed by atoms with Crippen LogP contribution in [-0.4, -0.2) is 18.9 Å². The van der Waals surface area contributed by atoms with Crippen LogP contribution in [0, 0.1) is 17.3 Å². The standard InChI is InChI=1S/C12H21NO/c1-9-3-5-10(6-4-9)11(14)12(2)7-13-8-12/h9-10,13H,3-8H2,1-2H3. The van der Waals surface area contributed by atoms with E-state index in [-0.39, 0.29) is 5.41 Å². The molecule has 0 aromatic rings. The molecule has 1 aliphatic carbocycles. The first kappa shape index (κ1) is 10.2. The van der Waals surface area contributed by atoms with Gasteiger partial charge in [0.15, 0.2) is 0 Å². The highest BCUT2D eigenvalue weighted by molar-refractivity contribution is 5.88. The third kappa shape index (κ3) is 1.72. The molecule has 1 aliphatic heterocycles. The van der Waals surface area contributed by atoms with Crippen molar-refractivity contribution in [2.24, 2.45) is 17.3 Å². The fourth-order valence-corrected chi connectivity index (χ4v) is 2.69. The van der Waals surface area contributed by atoms with E-state index in [1.807, 2.05) is 0 Å². The quantitative estimate of drug-likeness (QED) is 0.730. The van der Waals surface area contributed by atoms with Crippen LogP contribution in [0.3, 0.4) is 0 Å². The van der Waals surface area contributed by atoms with Crippen LogP contribution in [0.2, 0.25) is 0 Å². The van der Waals surface area contributed by atoms with Gasteiger partial charge in [0.1, 0.15) is 5.78 Å². The van der Waals surface area contributed by atoms with Crippen molar-refractivity contribution in [2.75, 3.05) is 13.1 Å². The zero-order valence-corrected chi connectivity index (χ0v) is 9.31. The molecule has 0 radical (unpaired) electrons. The maximum absolute atomic E-state index is 12.2. The molecule has 1 heterocycles. The third-order valence-electron chi connectivity index (χ3n) is 4.01. The lowest BCUT2D eigenvalue weighted by atomic mass is 9.70. The van der Waals surface area contributed by atoms with E-state index in [0.717, 1.165) is 31.8 Å². The molecule has 1 saturated carbocycles. The van der Waals surface area contributed by atoms with Gasteiger partial charge in [-0.2, -0.15) is 0 Å². The fourth-order valence-electron chi connectivity index (χ4n) is 2.69. The number of hydrogen-bond donors (Lipinski definition) is 1. The van der Waals surface area contributed by atoms with Crippen LogP contribution in [0.25, 0.3) is 0 Å². The molecule has 0 spiro atoms. The van der Waals surface area contributed by atoms with Crippen LogP contribution in [0.15, 0.2) is 0 Å². The Hall–Kier alpha value is -0.370. The van der Waals surface area contributed by atoms with Gasteiger partial charge in [-0.3, -0.25) is 4.79 Å². The van der Waals surface area contributed by atoms with Crippen molar-refractivity contribution in [3.8, 4) is 0 Å². The summed E-state index contributed by atoms with van der Waals surface area (Å²) in [5, 5.41) is 3.21. The zero-order chi connectivity index (χ0) is 10.2. The highest BCUT2D eigenvalue weighted by Crippen LogP contribution is 2.35. The minimum absolute atomic E-state index is 0.0226. The van der Waals surface area contributed by atoms with Crippen LogP contribution >= 0.6 is 0 Å². The molecular weight excluding hydrogens is 174 g/mol. The second kappa shape index (κ2) is 3.65. The summed E-state index contributed by atoms with van der Waals surface area (Å²) in [5.41, 5.74) is -0.0226. The SMILES string of the molecule is CC1CCC(C(=O)C2(C)CNC2)CC1. The molecule has 2 heteroatoms. The largest absolute Gasteiger partial charge is 0.315 e. The monoisotopic (exact) mass is 195 g/mol. The summed E-state index contributed by atoms with van der Waals surface area (Å²) in [5.74, 6) is 1.74. The Morgan fingerprint density at radius 3 is 2.21 bits per heavy atom. The van der Waals surface area contributed by atoms with Gasteiger partial charge in [-0.1, -0.05) is 26.7 Å². The summed E-state index contributed by atoms with van der Waals surface area (Å²) in [6.45, 7) is 6.22. The summed E-state index contributed by atoms with van der Waals surface area (Å²) in [4.78, 5) is 12.2. The molecule has 14 heavy (non-hydrogen) atoms. The molecule has 2 nitrogen and oxygen atoms in total. The number of carbonyl (C=O) groups is 1. The van der Waals surface area contributed by atoms with E-state index < -0.39 is 0 Å². The molecule has 0 atom stereocenters. The van der Waals surface area contributed by atoms with Crippen molar-refractivity contribution in [2.45, 2.75) is 39.5 Å². The molecule has 80 valence electrons. The first-order chi connectivity index (χ1) is 6.62. The van der Waals surface area contributed by atoms with E-state index >= 15 is 0 Å². The minimum atomic E-state index is -0.0226. The maximum Gasteiger partial charge on any atom is 0.144 e. The van der Waals surface area contributed by atoms with Crippen LogP contribution < -0.4 is 5.32 Å². The number of ketones is 1. The van der Waals surface area contributed by atoms with Gasteiger partial charge in [0, 0.05) is 19.0 Å².